The largest absolute Gasteiger partial charge is 0.497 e. The monoisotopic (exact) mass is 468 g/mol. The third kappa shape index (κ3) is 5.85. The lowest BCUT2D eigenvalue weighted by Crippen LogP contribution is -2.45. The van der Waals surface area contributed by atoms with Gasteiger partial charge in [0.2, 0.25) is 0 Å². The molecule has 0 aliphatic heterocycles. The molecule has 0 aromatic heterocycles. The topological polar surface area (TPSA) is 69.7 Å². The van der Waals surface area contributed by atoms with E-state index < -0.39 is 16.6 Å². The molecule has 1 saturated carbocycles. The third-order valence-electron chi connectivity index (χ3n) is 6.26. The van der Waals surface area contributed by atoms with Crippen molar-refractivity contribution in [2.75, 3.05) is 13.7 Å². The first-order chi connectivity index (χ1) is 15.8. The fourth-order valence-electron chi connectivity index (χ4n) is 4.35. The lowest BCUT2D eigenvalue weighted by molar-refractivity contribution is -0.148. The zero-order valence-electron chi connectivity index (χ0n) is 19.8. The van der Waals surface area contributed by atoms with Gasteiger partial charge in [-0.15, -0.1) is 11.8 Å². The standard InChI is InChI=1S/C27H32O5S/c1-5-32-26(30)24(23-11-6-18(2)16-19(23)3)25(29)27(14-12-21(28)13-15-27)33-17-20-7-9-22(31-4)10-8-20/h6-11,16,24H,5,12-15,17H2,1-4H3. The molecular formula is C27H32O5S. The number of ketones is 2. The third-order valence-corrected chi connectivity index (χ3v) is 7.90. The summed E-state index contributed by atoms with van der Waals surface area (Å²) in [6.07, 6.45) is 1.58. The summed E-state index contributed by atoms with van der Waals surface area (Å²) in [5.41, 5.74) is 3.70. The van der Waals surface area contributed by atoms with E-state index in [0.717, 1.165) is 22.4 Å². The first kappa shape index (κ1) is 25.0. The van der Waals surface area contributed by atoms with Crippen molar-refractivity contribution < 1.29 is 23.9 Å². The molecule has 6 heteroatoms. The number of Topliss-reactive ketones (excluding diaryl/α,β-unsaturated/α-hetero) is 2. The molecule has 0 heterocycles. The quantitative estimate of drug-likeness (QED) is 0.365. The van der Waals surface area contributed by atoms with Gasteiger partial charge in [0.1, 0.15) is 17.5 Å². The number of rotatable bonds is 9. The van der Waals surface area contributed by atoms with Crippen molar-refractivity contribution in [3.05, 3.63) is 64.7 Å². The number of carbonyl (C=O) groups excluding carboxylic acids is 3. The lowest BCUT2D eigenvalue weighted by Gasteiger charge is -2.37. The second kappa shape index (κ2) is 11.0. The van der Waals surface area contributed by atoms with Crippen molar-refractivity contribution >= 4 is 29.3 Å². The predicted octanol–water partition coefficient (Wildman–Crippen LogP) is 5.34. The molecule has 2 aromatic rings. The highest BCUT2D eigenvalue weighted by Crippen LogP contribution is 2.45. The predicted molar refractivity (Wildman–Crippen MR) is 131 cm³/mol. The molecule has 176 valence electrons. The summed E-state index contributed by atoms with van der Waals surface area (Å²) >= 11 is 1.54. The molecule has 0 bridgehead atoms. The molecule has 2 aromatic carbocycles. The fourth-order valence-corrected chi connectivity index (χ4v) is 5.74. The Bertz CT molecular complexity index is 1000. The van der Waals surface area contributed by atoms with Gasteiger partial charge >= 0.3 is 5.97 Å². The molecule has 0 radical (unpaired) electrons. The van der Waals surface area contributed by atoms with Crippen LogP contribution < -0.4 is 4.74 Å². The summed E-state index contributed by atoms with van der Waals surface area (Å²) in [7, 11) is 1.62. The van der Waals surface area contributed by atoms with Gasteiger partial charge in [0.05, 0.1) is 18.5 Å². The number of hydrogen-bond acceptors (Lipinski definition) is 6. The molecule has 1 aliphatic carbocycles. The van der Waals surface area contributed by atoms with Crippen LogP contribution >= 0.6 is 11.8 Å². The fraction of sp³-hybridized carbons (Fsp3) is 0.444. The number of benzene rings is 2. The van der Waals surface area contributed by atoms with E-state index in [-0.39, 0.29) is 18.2 Å². The van der Waals surface area contributed by atoms with Crippen molar-refractivity contribution in [3.63, 3.8) is 0 Å². The molecule has 5 nitrogen and oxygen atoms in total. The Balaban J connectivity index is 1.96. The lowest BCUT2D eigenvalue weighted by atomic mass is 9.77. The summed E-state index contributed by atoms with van der Waals surface area (Å²) in [6, 6.07) is 13.5. The van der Waals surface area contributed by atoms with E-state index in [1.54, 1.807) is 14.0 Å². The van der Waals surface area contributed by atoms with Crippen LogP contribution in [0.15, 0.2) is 42.5 Å². The normalized spacial score (nSPS) is 16.2. The van der Waals surface area contributed by atoms with E-state index in [1.165, 1.54) is 11.8 Å². The van der Waals surface area contributed by atoms with Crippen LogP contribution in [0.3, 0.4) is 0 Å². The molecule has 1 unspecified atom stereocenters. The maximum Gasteiger partial charge on any atom is 0.321 e. The first-order valence-electron chi connectivity index (χ1n) is 11.4. The number of methoxy groups -OCH3 is 1. The van der Waals surface area contributed by atoms with E-state index in [2.05, 4.69) is 0 Å². The Labute approximate surface area is 200 Å². The van der Waals surface area contributed by atoms with Crippen LogP contribution in [0.4, 0.5) is 0 Å². The summed E-state index contributed by atoms with van der Waals surface area (Å²) < 4.78 is 9.78. The van der Waals surface area contributed by atoms with E-state index >= 15 is 0 Å². The highest BCUT2D eigenvalue weighted by Gasteiger charge is 2.48. The Morgan fingerprint density at radius 2 is 1.73 bits per heavy atom. The smallest absolute Gasteiger partial charge is 0.321 e. The van der Waals surface area contributed by atoms with Gasteiger partial charge in [-0.2, -0.15) is 0 Å². The molecule has 1 atom stereocenters. The summed E-state index contributed by atoms with van der Waals surface area (Å²) in [6.45, 7) is 5.85. The maximum atomic E-state index is 14.1. The van der Waals surface area contributed by atoms with Crippen molar-refractivity contribution in [2.45, 2.75) is 62.9 Å². The average Bonchev–Trinajstić information content (AvgIpc) is 2.81. The number of ether oxygens (including phenoxy) is 2. The highest BCUT2D eigenvalue weighted by molar-refractivity contribution is 8.00. The molecular weight excluding hydrogens is 436 g/mol. The van der Waals surface area contributed by atoms with Crippen LogP contribution in [0.2, 0.25) is 0 Å². The first-order valence-corrected chi connectivity index (χ1v) is 12.3. The number of carbonyl (C=O) groups is 3. The Morgan fingerprint density at radius 1 is 1.06 bits per heavy atom. The van der Waals surface area contributed by atoms with Crippen molar-refractivity contribution in [1.29, 1.82) is 0 Å². The van der Waals surface area contributed by atoms with Crippen LogP contribution in [0.25, 0.3) is 0 Å². The average molecular weight is 469 g/mol. The van der Waals surface area contributed by atoms with Crippen LogP contribution in [0.1, 0.15) is 60.8 Å². The van der Waals surface area contributed by atoms with Gasteiger partial charge in [-0.25, -0.2) is 0 Å². The summed E-state index contributed by atoms with van der Waals surface area (Å²) in [5.74, 6) is -0.124. The van der Waals surface area contributed by atoms with E-state index in [9.17, 15) is 14.4 Å². The summed E-state index contributed by atoms with van der Waals surface area (Å²) in [4.78, 5) is 39.3. The summed E-state index contributed by atoms with van der Waals surface area (Å²) in [5, 5.41) is 0. The van der Waals surface area contributed by atoms with Crippen LogP contribution in [-0.2, 0) is 24.9 Å². The molecule has 0 saturated heterocycles. The van der Waals surface area contributed by atoms with Gasteiger partial charge in [-0.3, -0.25) is 14.4 Å². The number of esters is 1. The van der Waals surface area contributed by atoms with Gasteiger partial charge in [-0.05, 0) is 62.4 Å². The SMILES string of the molecule is CCOC(=O)C(C(=O)C1(SCc2ccc(OC)cc2)CCC(=O)CC1)c1ccc(C)cc1C. The molecule has 33 heavy (non-hydrogen) atoms. The molecule has 0 spiro atoms. The molecule has 0 N–H and O–H groups in total. The molecule has 0 amide bonds. The van der Waals surface area contributed by atoms with Crippen LogP contribution in [-0.4, -0.2) is 36.0 Å². The van der Waals surface area contributed by atoms with Crippen LogP contribution in [0.5, 0.6) is 5.75 Å². The van der Waals surface area contributed by atoms with E-state index in [4.69, 9.17) is 9.47 Å². The zero-order chi connectivity index (χ0) is 24.0. The van der Waals surface area contributed by atoms with Gasteiger partial charge in [0.15, 0.2) is 5.78 Å². The van der Waals surface area contributed by atoms with Gasteiger partial charge in [-0.1, -0.05) is 35.9 Å². The van der Waals surface area contributed by atoms with Gasteiger partial charge in [0.25, 0.3) is 0 Å². The minimum absolute atomic E-state index is 0.154. The molecule has 3 rings (SSSR count). The van der Waals surface area contributed by atoms with Crippen molar-refractivity contribution in [3.8, 4) is 5.75 Å². The Kier molecular flexibility index (Phi) is 8.35. The Morgan fingerprint density at radius 3 is 2.30 bits per heavy atom. The molecule has 1 aliphatic rings. The highest BCUT2D eigenvalue weighted by atomic mass is 32.2. The number of hydrogen-bond donors (Lipinski definition) is 0. The number of aryl methyl sites for hydroxylation is 2. The minimum Gasteiger partial charge on any atom is -0.497 e. The number of thioether (sulfide) groups is 1. The molecule has 1 fully saturated rings. The van der Waals surface area contributed by atoms with Gasteiger partial charge in [0, 0.05) is 18.6 Å². The zero-order valence-corrected chi connectivity index (χ0v) is 20.6. The van der Waals surface area contributed by atoms with E-state index in [1.807, 2.05) is 56.3 Å². The second-order valence-electron chi connectivity index (χ2n) is 8.58. The maximum absolute atomic E-state index is 14.1. The second-order valence-corrected chi connectivity index (χ2v) is 9.94. The Hall–Kier alpha value is -2.60. The van der Waals surface area contributed by atoms with Crippen LogP contribution in [0, 0.1) is 13.8 Å². The minimum atomic E-state index is -0.998. The van der Waals surface area contributed by atoms with Crippen molar-refractivity contribution in [1.82, 2.24) is 0 Å². The van der Waals surface area contributed by atoms with Crippen molar-refractivity contribution in [2.24, 2.45) is 0 Å². The van der Waals surface area contributed by atoms with Gasteiger partial charge < -0.3 is 9.47 Å². The van der Waals surface area contributed by atoms with E-state index in [0.29, 0.717) is 37.0 Å².